The van der Waals surface area contributed by atoms with Crippen LogP contribution in [0.1, 0.15) is 11.4 Å². The highest BCUT2D eigenvalue weighted by Crippen LogP contribution is 2.23. The molecule has 15 heteroatoms. The Kier molecular flexibility index (Phi) is 9.00. The zero-order valence-electron chi connectivity index (χ0n) is 19.3. The predicted octanol–water partition coefficient (Wildman–Crippen LogP) is 2.68. The second-order valence-electron chi connectivity index (χ2n) is 7.49. The zero-order chi connectivity index (χ0) is 27.2. The summed E-state index contributed by atoms with van der Waals surface area (Å²) in [5, 5.41) is 13.3. The molecule has 0 saturated carbocycles. The van der Waals surface area contributed by atoms with Gasteiger partial charge in [0.05, 0.1) is 0 Å². The largest absolute Gasteiger partial charge is 0.490 e. The molecule has 36 heavy (non-hydrogen) atoms. The van der Waals surface area contributed by atoms with Gasteiger partial charge in [-0.2, -0.15) is 27.1 Å². The summed E-state index contributed by atoms with van der Waals surface area (Å²) in [6.07, 6.45) is -3.87. The van der Waals surface area contributed by atoms with Crippen molar-refractivity contribution in [2.75, 3.05) is 25.5 Å². The van der Waals surface area contributed by atoms with Crippen LogP contribution < -0.4 is 16.3 Å². The molecule has 194 valence electrons. The molecule has 0 bridgehead atoms. The van der Waals surface area contributed by atoms with Crippen molar-refractivity contribution in [3.8, 4) is 16.9 Å². The maximum atomic E-state index is 13.0. The molecule has 0 spiro atoms. The van der Waals surface area contributed by atoms with Crippen LogP contribution in [0.2, 0.25) is 0 Å². The summed E-state index contributed by atoms with van der Waals surface area (Å²) in [5.74, 6) is -1.50. The quantitative estimate of drug-likeness (QED) is 0.426. The monoisotopic (exact) mass is 515 g/mol. The highest BCUT2D eigenvalue weighted by atomic mass is 19.4. The van der Waals surface area contributed by atoms with E-state index in [0.717, 1.165) is 16.9 Å². The van der Waals surface area contributed by atoms with Gasteiger partial charge >= 0.3 is 17.8 Å². The molecule has 0 aromatic carbocycles. The summed E-state index contributed by atoms with van der Waals surface area (Å²) in [6, 6.07) is 5.67. The molecule has 0 amide bonds. The van der Waals surface area contributed by atoms with Gasteiger partial charge in [-0.15, -0.1) is 0 Å². The first-order chi connectivity index (χ1) is 16.8. The number of halogens is 5. The van der Waals surface area contributed by atoms with E-state index >= 15 is 0 Å². The summed E-state index contributed by atoms with van der Waals surface area (Å²) in [6.45, 7) is 1.46. The fourth-order valence-electron chi connectivity index (χ4n) is 2.85. The van der Waals surface area contributed by atoms with Crippen LogP contribution in [0.15, 0.2) is 47.0 Å². The maximum Gasteiger partial charge on any atom is 0.490 e. The van der Waals surface area contributed by atoms with Gasteiger partial charge in [-0.25, -0.2) is 29.2 Å². The van der Waals surface area contributed by atoms with Gasteiger partial charge < -0.3 is 15.7 Å². The van der Waals surface area contributed by atoms with Gasteiger partial charge in [0.1, 0.15) is 17.5 Å². The number of H-pyrrole nitrogens is 1. The van der Waals surface area contributed by atoms with Gasteiger partial charge in [0, 0.05) is 56.2 Å². The minimum atomic E-state index is -5.08. The first-order valence-corrected chi connectivity index (χ1v) is 10.1. The number of nitrogens with one attached hydrogen (secondary N) is 1. The second kappa shape index (κ2) is 11.5. The number of nitrogens with zero attached hydrogens (tertiary/aromatic N) is 5. The van der Waals surface area contributed by atoms with Crippen molar-refractivity contribution < 1.29 is 31.9 Å². The highest BCUT2D eigenvalue weighted by Gasteiger charge is 2.38. The number of carboxylic acid groups (broad SMARTS) is 1. The van der Waals surface area contributed by atoms with Gasteiger partial charge in [0.15, 0.2) is 0 Å². The lowest BCUT2D eigenvalue weighted by atomic mass is 10.1. The Bertz CT molecular complexity index is 1290. The number of carboxylic acids is 1. The molecular weight excluding hydrogens is 493 g/mol. The number of anilines is 1. The number of aryl methyl sites for hydroxylation is 1. The molecule has 0 aliphatic carbocycles. The van der Waals surface area contributed by atoms with Crippen LogP contribution in [-0.2, 0) is 11.2 Å². The molecule has 0 atom stereocenters. The number of aromatic nitrogens is 5. The molecule has 0 fully saturated rings. The number of alkyl halides is 3. The summed E-state index contributed by atoms with van der Waals surface area (Å²) in [5.41, 5.74) is 6.90. The van der Waals surface area contributed by atoms with Crippen molar-refractivity contribution in [3.63, 3.8) is 0 Å². The Balaban J connectivity index is 0.000000572. The Labute approximate surface area is 200 Å². The Morgan fingerprint density at radius 2 is 1.78 bits per heavy atom. The van der Waals surface area contributed by atoms with E-state index in [1.165, 1.54) is 4.57 Å². The lowest BCUT2D eigenvalue weighted by Crippen LogP contribution is -2.21. The summed E-state index contributed by atoms with van der Waals surface area (Å²) >= 11 is 0. The average Bonchev–Trinajstić information content (AvgIpc) is 3.16. The van der Waals surface area contributed by atoms with Crippen molar-refractivity contribution in [3.05, 3.63) is 64.1 Å². The number of aromatic amines is 1. The Hall–Kier alpha value is -4.14. The molecule has 3 aromatic rings. The summed E-state index contributed by atoms with van der Waals surface area (Å²) < 4.78 is 58.9. The molecule has 0 aliphatic rings. The topological polar surface area (TPSA) is 143 Å². The first-order valence-electron chi connectivity index (χ1n) is 10.1. The van der Waals surface area contributed by atoms with E-state index in [9.17, 15) is 26.7 Å². The fourth-order valence-corrected chi connectivity index (χ4v) is 2.85. The van der Waals surface area contributed by atoms with Gasteiger partial charge in [0.2, 0.25) is 0 Å². The molecule has 4 N–H and O–H groups in total. The molecule has 3 rings (SSSR count). The molecule has 10 nitrogen and oxygen atoms in total. The maximum absolute atomic E-state index is 13.0. The van der Waals surface area contributed by atoms with Crippen LogP contribution in [0, 0.1) is 6.92 Å². The van der Waals surface area contributed by atoms with Crippen LogP contribution in [0.25, 0.3) is 16.9 Å². The fraction of sp³-hybridized carbons (Fsp3) is 0.286. The van der Waals surface area contributed by atoms with Crippen LogP contribution in [0.5, 0.6) is 0 Å². The van der Waals surface area contributed by atoms with Gasteiger partial charge in [0.25, 0.3) is 6.08 Å². The number of aliphatic carboxylic acids is 1. The number of hydrogen-bond donors (Lipinski definition) is 3. The molecular formula is C21H22F5N7O3. The number of rotatable bonds is 6. The van der Waals surface area contributed by atoms with Gasteiger partial charge in [-0.3, -0.25) is 0 Å². The standard InChI is InChI=1S/C19H21F2N7O.C2HF3O2/c1-11-6-14(12-4-5-15(23-9-12)27(2)3)10-24-18(11)28-16(25-26-19(28)29)7-13(8-22)17(20)21;3-2(4,5)1(6)7/h4-6,9-10H,7-8,22H2,1-3H3,(H,26,29);(H,6,7). The van der Waals surface area contributed by atoms with Crippen molar-refractivity contribution >= 4 is 11.8 Å². The molecule has 0 radical (unpaired) electrons. The predicted molar refractivity (Wildman–Crippen MR) is 120 cm³/mol. The lowest BCUT2D eigenvalue weighted by Gasteiger charge is -2.12. The zero-order valence-corrected chi connectivity index (χ0v) is 19.3. The van der Waals surface area contributed by atoms with Crippen LogP contribution in [0.4, 0.5) is 27.8 Å². The normalized spacial score (nSPS) is 10.9. The van der Waals surface area contributed by atoms with Crippen LogP contribution in [0.3, 0.4) is 0 Å². The first kappa shape index (κ1) is 28.1. The summed E-state index contributed by atoms with van der Waals surface area (Å²) in [4.78, 5) is 31.8. The van der Waals surface area contributed by atoms with Crippen molar-refractivity contribution in [1.82, 2.24) is 24.7 Å². The van der Waals surface area contributed by atoms with E-state index < -0.39 is 23.9 Å². The van der Waals surface area contributed by atoms with E-state index in [1.807, 2.05) is 37.2 Å². The highest BCUT2D eigenvalue weighted by molar-refractivity contribution is 5.73. The molecule has 3 aromatic heterocycles. The van der Waals surface area contributed by atoms with Crippen molar-refractivity contribution in [1.29, 1.82) is 0 Å². The van der Waals surface area contributed by atoms with Crippen molar-refractivity contribution in [2.45, 2.75) is 19.5 Å². The summed E-state index contributed by atoms with van der Waals surface area (Å²) in [7, 11) is 3.81. The molecule has 0 aliphatic heterocycles. The van der Waals surface area contributed by atoms with Gasteiger partial charge in [-0.1, -0.05) is 0 Å². The van der Waals surface area contributed by atoms with Crippen LogP contribution >= 0.6 is 0 Å². The van der Waals surface area contributed by atoms with E-state index in [0.29, 0.717) is 11.4 Å². The number of nitrogens with two attached hydrogens (primary N) is 1. The molecule has 3 heterocycles. The molecule has 0 saturated heterocycles. The Morgan fingerprint density at radius 1 is 1.17 bits per heavy atom. The SMILES string of the molecule is Cc1cc(-c2ccc(N(C)C)nc2)cnc1-n1c(CC(CN)=C(F)F)n[nH]c1=O.O=C(O)C(F)(F)F. The van der Waals surface area contributed by atoms with E-state index in [2.05, 4.69) is 20.2 Å². The minimum absolute atomic E-state index is 0.114. The number of hydrogen-bond acceptors (Lipinski definition) is 7. The van der Waals surface area contributed by atoms with Crippen molar-refractivity contribution in [2.24, 2.45) is 5.73 Å². The minimum Gasteiger partial charge on any atom is -0.475 e. The number of pyridine rings is 2. The smallest absolute Gasteiger partial charge is 0.475 e. The van der Waals surface area contributed by atoms with E-state index in [1.54, 1.807) is 19.3 Å². The third-order valence-electron chi connectivity index (χ3n) is 4.67. The van der Waals surface area contributed by atoms with Crippen LogP contribution in [-0.4, -0.2) is 62.6 Å². The third-order valence-corrected chi connectivity index (χ3v) is 4.67. The number of carbonyl (C=O) groups is 1. The van der Waals surface area contributed by atoms with E-state index in [4.69, 9.17) is 15.6 Å². The Morgan fingerprint density at radius 3 is 2.22 bits per heavy atom. The van der Waals surface area contributed by atoms with E-state index in [-0.39, 0.29) is 24.4 Å². The second-order valence-corrected chi connectivity index (χ2v) is 7.49. The third kappa shape index (κ3) is 6.94. The molecule has 0 unspecified atom stereocenters. The lowest BCUT2D eigenvalue weighted by molar-refractivity contribution is -0.192. The van der Waals surface area contributed by atoms with Gasteiger partial charge in [-0.05, 0) is 30.7 Å². The average molecular weight is 515 g/mol.